The lowest BCUT2D eigenvalue weighted by molar-refractivity contribution is 0.387. The molecule has 4 aromatic rings. The number of aryl methyl sites for hydroxylation is 1. The summed E-state index contributed by atoms with van der Waals surface area (Å²) in [6.45, 7) is 1.64. The fourth-order valence-electron chi connectivity index (χ4n) is 3.39. The Bertz CT molecular complexity index is 1090. The van der Waals surface area contributed by atoms with Gasteiger partial charge >= 0.3 is 0 Å². The van der Waals surface area contributed by atoms with Gasteiger partial charge in [-0.2, -0.15) is 0 Å². The van der Waals surface area contributed by atoms with Gasteiger partial charge in [-0.1, -0.05) is 18.2 Å². The molecule has 5 nitrogen and oxygen atoms in total. The Morgan fingerprint density at radius 2 is 1.88 bits per heavy atom. The summed E-state index contributed by atoms with van der Waals surface area (Å²) < 4.78 is 1.92. The number of pyridine rings is 2. The van der Waals surface area contributed by atoms with E-state index in [1.54, 1.807) is 0 Å². The predicted octanol–water partition coefficient (Wildman–Crippen LogP) is 2.98. The van der Waals surface area contributed by atoms with Crippen LogP contribution < -0.4 is 5.56 Å². The van der Waals surface area contributed by atoms with Gasteiger partial charge in [0.25, 0.3) is 5.56 Å². The maximum atomic E-state index is 13.1. The predicted molar refractivity (Wildman–Crippen MR) is 98.5 cm³/mol. The summed E-state index contributed by atoms with van der Waals surface area (Å²) in [6.07, 6.45) is 4.67. The Morgan fingerprint density at radius 3 is 2.67 bits per heavy atom. The van der Waals surface area contributed by atoms with Crippen LogP contribution in [-0.2, 0) is 6.54 Å². The molecule has 0 fully saturated rings. The van der Waals surface area contributed by atoms with Crippen LogP contribution in [0.2, 0.25) is 0 Å². The van der Waals surface area contributed by atoms with E-state index >= 15 is 0 Å². The smallest absolute Gasteiger partial charge is 0.258 e. The zero-order chi connectivity index (χ0) is 16.7. The minimum Gasteiger partial charge on any atom is -0.346 e. The number of nitrogens with one attached hydrogen (secondary N) is 1. The van der Waals surface area contributed by atoms with Gasteiger partial charge in [-0.3, -0.25) is 4.79 Å². The van der Waals surface area contributed by atoms with Crippen LogP contribution in [0.4, 0.5) is 0 Å². The van der Waals surface area contributed by atoms with Crippen LogP contribution in [0.15, 0.2) is 47.5 Å². The Morgan fingerprint density at radius 1 is 1.08 bits per heavy atom. The second-order valence-electron chi connectivity index (χ2n) is 6.42. The third-order valence-corrected chi connectivity index (χ3v) is 4.51. The molecule has 0 aliphatic rings. The summed E-state index contributed by atoms with van der Waals surface area (Å²) in [5, 5.41) is 3.76. The van der Waals surface area contributed by atoms with Crippen LogP contribution in [-0.4, -0.2) is 40.1 Å². The molecule has 3 aromatic heterocycles. The molecule has 0 spiro atoms. The van der Waals surface area contributed by atoms with Crippen LogP contribution in [0.3, 0.4) is 0 Å². The van der Waals surface area contributed by atoms with Crippen molar-refractivity contribution in [2.24, 2.45) is 0 Å². The number of aromatic amines is 1. The number of hydrogen-bond acceptors (Lipinski definition) is 3. The fourth-order valence-corrected chi connectivity index (χ4v) is 3.39. The summed E-state index contributed by atoms with van der Waals surface area (Å²) in [6, 6.07) is 9.80. The summed E-state index contributed by atoms with van der Waals surface area (Å²) in [4.78, 5) is 22.9. The zero-order valence-corrected chi connectivity index (χ0v) is 13.9. The molecule has 24 heavy (non-hydrogen) atoms. The minimum atomic E-state index is 0.0746. The van der Waals surface area contributed by atoms with Crippen LogP contribution in [0, 0.1) is 0 Å². The summed E-state index contributed by atoms with van der Waals surface area (Å²) in [5.74, 6) is 0. The number of rotatable bonds is 4. The van der Waals surface area contributed by atoms with E-state index in [4.69, 9.17) is 0 Å². The molecular weight excluding hydrogens is 300 g/mol. The van der Waals surface area contributed by atoms with Crippen molar-refractivity contribution in [3.05, 3.63) is 53.1 Å². The van der Waals surface area contributed by atoms with E-state index in [1.165, 1.54) is 0 Å². The van der Waals surface area contributed by atoms with Crippen molar-refractivity contribution in [1.29, 1.82) is 0 Å². The molecule has 0 saturated carbocycles. The highest BCUT2D eigenvalue weighted by Gasteiger charge is 2.14. The van der Waals surface area contributed by atoms with Gasteiger partial charge in [0.05, 0.1) is 5.52 Å². The standard InChI is InChI=1S/C19H20N4O/c1-22(2)10-5-11-23-17-15-8-9-20-18(15)21-12-16(17)13-6-3-4-7-14(13)19(23)24/h3-4,6-9,12H,5,10-11H2,1-2H3,(H,20,21). The van der Waals surface area contributed by atoms with Crippen molar-refractivity contribution in [2.75, 3.05) is 20.6 Å². The van der Waals surface area contributed by atoms with Crippen molar-refractivity contribution in [3.8, 4) is 0 Å². The third kappa shape index (κ3) is 2.29. The molecule has 0 aliphatic heterocycles. The molecule has 122 valence electrons. The number of benzene rings is 1. The Labute approximate surface area is 139 Å². The lowest BCUT2D eigenvalue weighted by atomic mass is 10.1. The molecular formula is C19H20N4O. The van der Waals surface area contributed by atoms with E-state index in [0.29, 0.717) is 6.54 Å². The highest BCUT2D eigenvalue weighted by Crippen LogP contribution is 2.27. The molecule has 1 aromatic carbocycles. The van der Waals surface area contributed by atoms with E-state index < -0.39 is 0 Å². The average molecular weight is 320 g/mol. The summed E-state index contributed by atoms with van der Waals surface area (Å²) >= 11 is 0. The van der Waals surface area contributed by atoms with Crippen LogP contribution in [0.25, 0.3) is 32.7 Å². The zero-order valence-electron chi connectivity index (χ0n) is 13.9. The van der Waals surface area contributed by atoms with E-state index in [9.17, 15) is 4.79 Å². The molecule has 0 aliphatic carbocycles. The van der Waals surface area contributed by atoms with Crippen LogP contribution in [0.1, 0.15) is 6.42 Å². The lowest BCUT2D eigenvalue weighted by Crippen LogP contribution is -2.23. The van der Waals surface area contributed by atoms with Gasteiger partial charge in [0, 0.05) is 35.1 Å². The van der Waals surface area contributed by atoms with E-state index in [0.717, 1.165) is 45.7 Å². The molecule has 0 unspecified atom stereocenters. The second-order valence-corrected chi connectivity index (χ2v) is 6.42. The van der Waals surface area contributed by atoms with Gasteiger partial charge in [0.15, 0.2) is 0 Å². The molecule has 0 bridgehead atoms. The highest BCUT2D eigenvalue weighted by molar-refractivity contribution is 6.13. The lowest BCUT2D eigenvalue weighted by Gasteiger charge is -2.15. The second kappa shape index (κ2) is 5.76. The Hall–Kier alpha value is -2.66. The number of nitrogens with zero attached hydrogens (tertiary/aromatic N) is 3. The third-order valence-electron chi connectivity index (χ3n) is 4.51. The van der Waals surface area contributed by atoms with Gasteiger partial charge in [-0.25, -0.2) is 4.98 Å². The van der Waals surface area contributed by atoms with Crippen LogP contribution in [0.5, 0.6) is 0 Å². The average Bonchev–Trinajstić information content (AvgIpc) is 3.06. The quantitative estimate of drug-likeness (QED) is 0.588. The molecule has 5 heteroatoms. The topological polar surface area (TPSA) is 53.9 Å². The van der Waals surface area contributed by atoms with Crippen LogP contribution >= 0.6 is 0 Å². The molecule has 0 atom stereocenters. The van der Waals surface area contributed by atoms with Crippen molar-refractivity contribution in [2.45, 2.75) is 13.0 Å². The maximum Gasteiger partial charge on any atom is 0.258 e. The summed E-state index contributed by atoms with van der Waals surface area (Å²) in [5.41, 5.74) is 1.87. The number of H-pyrrole nitrogens is 1. The van der Waals surface area contributed by atoms with Gasteiger partial charge in [-0.15, -0.1) is 0 Å². The summed E-state index contributed by atoms with van der Waals surface area (Å²) in [7, 11) is 4.10. The first-order chi connectivity index (χ1) is 11.7. The van der Waals surface area contributed by atoms with Crippen molar-refractivity contribution < 1.29 is 0 Å². The normalized spacial score (nSPS) is 12.0. The van der Waals surface area contributed by atoms with Gasteiger partial charge < -0.3 is 14.5 Å². The molecule has 4 rings (SSSR count). The van der Waals surface area contributed by atoms with Gasteiger partial charge in [-0.05, 0) is 44.6 Å². The van der Waals surface area contributed by atoms with E-state index in [2.05, 4.69) is 29.0 Å². The molecule has 0 saturated heterocycles. The Kier molecular flexibility index (Phi) is 3.58. The molecule has 0 radical (unpaired) electrons. The molecule has 0 amide bonds. The Balaban J connectivity index is 2.07. The first kappa shape index (κ1) is 14.9. The molecule has 1 N–H and O–H groups in total. The van der Waals surface area contributed by atoms with Crippen molar-refractivity contribution >= 4 is 32.7 Å². The number of fused-ring (bicyclic) bond motifs is 5. The highest BCUT2D eigenvalue weighted by atomic mass is 16.1. The number of hydrogen-bond donors (Lipinski definition) is 1. The maximum absolute atomic E-state index is 13.1. The van der Waals surface area contributed by atoms with Crippen molar-refractivity contribution in [1.82, 2.24) is 19.4 Å². The SMILES string of the molecule is CN(C)CCCn1c(=O)c2ccccc2c2cnc3[nH]ccc3c21. The van der Waals surface area contributed by atoms with E-state index in [-0.39, 0.29) is 5.56 Å². The largest absolute Gasteiger partial charge is 0.346 e. The van der Waals surface area contributed by atoms with E-state index in [1.807, 2.05) is 47.3 Å². The molecule has 3 heterocycles. The minimum absolute atomic E-state index is 0.0746. The van der Waals surface area contributed by atoms with Gasteiger partial charge in [0.2, 0.25) is 0 Å². The van der Waals surface area contributed by atoms with Crippen molar-refractivity contribution in [3.63, 3.8) is 0 Å². The van der Waals surface area contributed by atoms with Gasteiger partial charge in [0.1, 0.15) is 5.65 Å². The fraction of sp³-hybridized carbons (Fsp3) is 0.263. The first-order valence-electron chi connectivity index (χ1n) is 8.19. The first-order valence-corrected chi connectivity index (χ1v) is 8.19. The monoisotopic (exact) mass is 320 g/mol. The number of aromatic nitrogens is 3.